The molecule has 2 aromatic carbocycles. The molecule has 144 valence electrons. The van der Waals surface area contributed by atoms with Crippen molar-refractivity contribution in [2.45, 2.75) is 0 Å². The average molecular weight is 368 g/mol. The maximum absolute atomic E-state index is 5.57. The maximum Gasteiger partial charge on any atom is 0.134 e. The quantitative estimate of drug-likeness (QED) is 0.779. The van der Waals surface area contributed by atoms with E-state index in [4.69, 9.17) is 14.2 Å². The first kappa shape index (κ1) is 19.1. The Morgan fingerprint density at radius 2 is 1.41 bits per heavy atom. The van der Waals surface area contributed by atoms with Gasteiger partial charge in [-0.05, 0) is 30.3 Å². The summed E-state index contributed by atoms with van der Waals surface area (Å²) < 4.78 is 16.5. The molecule has 0 radical (unpaired) electrons. The van der Waals surface area contributed by atoms with Crippen LogP contribution in [0.5, 0.6) is 17.2 Å². The summed E-state index contributed by atoms with van der Waals surface area (Å²) in [6, 6.07) is 12.2. The van der Waals surface area contributed by atoms with Crippen LogP contribution in [0.3, 0.4) is 0 Å². The van der Waals surface area contributed by atoms with Gasteiger partial charge < -0.3 is 24.0 Å². The molecule has 5 heteroatoms. The fraction of sp³-hybridized carbons (Fsp3) is 0.364. The van der Waals surface area contributed by atoms with Crippen molar-refractivity contribution < 1.29 is 14.2 Å². The Morgan fingerprint density at radius 3 is 1.89 bits per heavy atom. The van der Waals surface area contributed by atoms with Crippen molar-refractivity contribution >= 4 is 11.3 Å². The van der Waals surface area contributed by atoms with E-state index < -0.39 is 0 Å². The van der Waals surface area contributed by atoms with Crippen LogP contribution in [0.15, 0.2) is 43.0 Å². The van der Waals surface area contributed by atoms with Crippen LogP contribution in [0.1, 0.15) is 11.1 Å². The zero-order valence-electron chi connectivity index (χ0n) is 16.6. The molecule has 1 heterocycles. The molecule has 0 unspecified atom stereocenters. The Bertz CT molecular complexity index is 769. The van der Waals surface area contributed by atoms with Crippen molar-refractivity contribution in [3.63, 3.8) is 0 Å². The zero-order valence-corrected chi connectivity index (χ0v) is 16.6. The predicted molar refractivity (Wildman–Crippen MR) is 110 cm³/mol. The molecule has 0 aliphatic carbocycles. The van der Waals surface area contributed by atoms with Gasteiger partial charge in [-0.1, -0.05) is 18.7 Å². The van der Waals surface area contributed by atoms with Gasteiger partial charge in [-0.25, -0.2) is 0 Å². The third-order valence-electron chi connectivity index (χ3n) is 5.10. The Kier molecular flexibility index (Phi) is 5.91. The molecule has 2 aromatic rings. The summed E-state index contributed by atoms with van der Waals surface area (Å²) in [5, 5.41) is 0. The summed E-state index contributed by atoms with van der Waals surface area (Å²) in [6.45, 7) is 8.59. The largest absolute Gasteiger partial charge is 0.496 e. The second kappa shape index (κ2) is 8.35. The first-order chi connectivity index (χ1) is 13.1. The highest BCUT2D eigenvalue weighted by Crippen LogP contribution is 2.40. The minimum atomic E-state index is 0.680. The number of likely N-dealkylation sites (N-methyl/N-ethyl adjacent to an activating group) is 1. The zero-order chi connectivity index (χ0) is 19.4. The second-order valence-corrected chi connectivity index (χ2v) is 6.72. The van der Waals surface area contributed by atoms with Crippen molar-refractivity contribution in [2.75, 3.05) is 59.5 Å². The molecule has 0 saturated carbocycles. The van der Waals surface area contributed by atoms with Crippen LogP contribution < -0.4 is 19.1 Å². The van der Waals surface area contributed by atoms with E-state index in [2.05, 4.69) is 47.7 Å². The fourth-order valence-electron chi connectivity index (χ4n) is 3.39. The molecule has 0 atom stereocenters. The minimum Gasteiger partial charge on any atom is -0.496 e. The number of hydrogen-bond acceptors (Lipinski definition) is 5. The number of nitrogens with zero attached hydrogens (tertiary/aromatic N) is 2. The lowest BCUT2D eigenvalue weighted by Crippen LogP contribution is -2.44. The number of piperazine rings is 1. The number of hydrogen-bond donors (Lipinski definition) is 0. The van der Waals surface area contributed by atoms with Crippen molar-refractivity contribution in [3.05, 3.63) is 54.1 Å². The second-order valence-electron chi connectivity index (χ2n) is 6.72. The van der Waals surface area contributed by atoms with E-state index in [1.165, 1.54) is 5.69 Å². The van der Waals surface area contributed by atoms with Crippen molar-refractivity contribution in [2.24, 2.45) is 0 Å². The van der Waals surface area contributed by atoms with Gasteiger partial charge in [0.1, 0.15) is 17.2 Å². The van der Waals surface area contributed by atoms with E-state index in [-0.39, 0.29) is 0 Å². The Morgan fingerprint density at radius 1 is 0.852 bits per heavy atom. The summed E-state index contributed by atoms with van der Waals surface area (Å²) in [6.07, 6.45) is 0. The molecule has 1 fully saturated rings. The van der Waals surface area contributed by atoms with Crippen molar-refractivity contribution in [1.82, 2.24) is 4.90 Å². The van der Waals surface area contributed by atoms with Gasteiger partial charge in [0.15, 0.2) is 0 Å². The fourth-order valence-corrected chi connectivity index (χ4v) is 3.39. The van der Waals surface area contributed by atoms with E-state index in [0.29, 0.717) is 17.2 Å². The Labute approximate surface area is 161 Å². The van der Waals surface area contributed by atoms with E-state index in [9.17, 15) is 0 Å². The molecule has 0 bridgehead atoms. The highest BCUT2D eigenvalue weighted by Gasteiger charge is 2.18. The molecule has 1 aliphatic heterocycles. The van der Waals surface area contributed by atoms with Crippen LogP contribution in [0.25, 0.3) is 5.57 Å². The molecule has 1 saturated heterocycles. The number of benzene rings is 2. The third kappa shape index (κ3) is 4.03. The minimum absolute atomic E-state index is 0.680. The number of anilines is 1. The van der Waals surface area contributed by atoms with Crippen LogP contribution >= 0.6 is 0 Å². The summed E-state index contributed by atoms with van der Waals surface area (Å²) in [7, 11) is 7.07. The highest BCUT2D eigenvalue weighted by atomic mass is 16.5. The molecular weight excluding hydrogens is 340 g/mol. The van der Waals surface area contributed by atoms with E-state index in [1.807, 2.05) is 12.1 Å². The van der Waals surface area contributed by atoms with Crippen LogP contribution in [-0.4, -0.2) is 59.5 Å². The van der Waals surface area contributed by atoms with Gasteiger partial charge in [-0.15, -0.1) is 0 Å². The van der Waals surface area contributed by atoms with Gasteiger partial charge in [-0.2, -0.15) is 0 Å². The smallest absolute Gasteiger partial charge is 0.134 e. The Balaban J connectivity index is 1.88. The molecule has 0 amide bonds. The van der Waals surface area contributed by atoms with E-state index in [1.54, 1.807) is 21.3 Å². The maximum atomic E-state index is 5.57. The molecular formula is C22H28N2O3. The standard InChI is InChI=1S/C22H28N2O3/c1-16(22-20(26-4)14-19(25-3)15-21(22)27-5)17-6-8-18(9-7-17)24-12-10-23(2)11-13-24/h6-9,14-15H,1,10-13H2,2-5H3. The predicted octanol–water partition coefficient (Wildman–Crippen LogP) is 3.53. The first-order valence-electron chi connectivity index (χ1n) is 9.10. The molecule has 0 N–H and O–H groups in total. The van der Waals surface area contributed by atoms with Gasteiger partial charge in [0.05, 0.1) is 26.9 Å². The van der Waals surface area contributed by atoms with Gasteiger partial charge in [-0.3, -0.25) is 0 Å². The molecule has 3 rings (SSSR count). The van der Waals surface area contributed by atoms with Gasteiger partial charge in [0.2, 0.25) is 0 Å². The monoisotopic (exact) mass is 368 g/mol. The van der Waals surface area contributed by atoms with E-state index in [0.717, 1.165) is 42.9 Å². The van der Waals surface area contributed by atoms with Gasteiger partial charge in [0, 0.05) is 44.0 Å². The summed E-state index contributed by atoms with van der Waals surface area (Å²) >= 11 is 0. The molecule has 5 nitrogen and oxygen atoms in total. The molecule has 0 aromatic heterocycles. The van der Waals surface area contributed by atoms with Gasteiger partial charge in [0.25, 0.3) is 0 Å². The third-order valence-corrected chi connectivity index (χ3v) is 5.10. The number of rotatable bonds is 6. The van der Waals surface area contributed by atoms with Crippen molar-refractivity contribution in [1.29, 1.82) is 0 Å². The average Bonchev–Trinajstić information content (AvgIpc) is 2.72. The summed E-state index contributed by atoms with van der Waals surface area (Å²) in [5.74, 6) is 2.05. The summed E-state index contributed by atoms with van der Waals surface area (Å²) in [5.41, 5.74) is 3.98. The van der Waals surface area contributed by atoms with Gasteiger partial charge >= 0.3 is 0 Å². The SMILES string of the molecule is C=C(c1ccc(N2CCN(C)CC2)cc1)c1c(OC)cc(OC)cc1OC. The molecule has 0 spiro atoms. The first-order valence-corrected chi connectivity index (χ1v) is 9.10. The normalized spacial score (nSPS) is 14.7. The lowest BCUT2D eigenvalue weighted by molar-refractivity contribution is 0.313. The van der Waals surface area contributed by atoms with Crippen LogP contribution in [-0.2, 0) is 0 Å². The molecule has 1 aliphatic rings. The van der Waals surface area contributed by atoms with Crippen LogP contribution in [0.4, 0.5) is 5.69 Å². The lowest BCUT2D eigenvalue weighted by atomic mass is 9.97. The van der Waals surface area contributed by atoms with E-state index >= 15 is 0 Å². The number of methoxy groups -OCH3 is 3. The lowest BCUT2D eigenvalue weighted by Gasteiger charge is -2.34. The molecule has 27 heavy (non-hydrogen) atoms. The van der Waals surface area contributed by atoms with Crippen LogP contribution in [0.2, 0.25) is 0 Å². The summed E-state index contributed by atoms with van der Waals surface area (Å²) in [4.78, 5) is 4.77. The topological polar surface area (TPSA) is 34.2 Å². The number of ether oxygens (including phenoxy) is 3. The highest BCUT2D eigenvalue weighted by molar-refractivity contribution is 5.85. The Hall–Kier alpha value is -2.66. The van der Waals surface area contributed by atoms with Crippen LogP contribution in [0, 0.1) is 0 Å². The van der Waals surface area contributed by atoms with Crippen molar-refractivity contribution in [3.8, 4) is 17.2 Å².